The van der Waals surface area contributed by atoms with Crippen LogP contribution in [0.4, 0.5) is 17.1 Å². The van der Waals surface area contributed by atoms with Gasteiger partial charge in [0.15, 0.2) is 0 Å². The molecule has 3 rings (SSSR count). The van der Waals surface area contributed by atoms with E-state index in [0.29, 0.717) is 18.2 Å². The van der Waals surface area contributed by atoms with E-state index < -0.39 is 15.3 Å². The number of nitrogens with one attached hydrogen (secondary N) is 2. The third-order valence-electron chi connectivity index (χ3n) is 5.40. The van der Waals surface area contributed by atoms with Crippen molar-refractivity contribution in [2.24, 2.45) is 5.92 Å². The lowest BCUT2D eigenvalue weighted by atomic mass is 10.1. The van der Waals surface area contributed by atoms with Gasteiger partial charge in [-0.2, -0.15) is 0 Å². The van der Waals surface area contributed by atoms with Crippen LogP contribution in [0.5, 0.6) is 0 Å². The number of hydrogen-bond acceptors (Lipinski definition) is 5. The van der Waals surface area contributed by atoms with E-state index in [0.717, 1.165) is 30.9 Å². The first-order chi connectivity index (χ1) is 14.2. The van der Waals surface area contributed by atoms with Gasteiger partial charge in [0.05, 0.1) is 18.0 Å². The second-order valence-corrected chi connectivity index (χ2v) is 10.6. The Bertz CT molecular complexity index is 910. The van der Waals surface area contributed by atoms with Gasteiger partial charge in [-0.15, -0.1) is 0 Å². The van der Waals surface area contributed by atoms with Crippen LogP contribution in [0, 0.1) is 5.92 Å². The molecule has 2 aromatic carbocycles. The number of benzene rings is 2. The van der Waals surface area contributed by atoms with Crippen molar-refractivity contribution in [2.75, 3.05) is 34.6 Å². The second-order valence-electron chi connectivity index (χ2n) is 8.39. The van der Waals surface area contributed by atoms with Crippen LogP contribution >= 0.6 is 0 Å². The molecule has 0 aliphatic carbocycles. The minimum Gasteiger partial charge on any atom is -0.381 e. The summed E-state index contributed by atoms with van der Waals surface area (Å²) in [5.74, 6) is 0.515. The fourth-order valence-electron chi connectivity index (χ4n) is 3.28. The van der Waals surface area contributed by atoms with Gasteiger partial charge in [0.2, 0.25) is 10.0 Å². The standard InChI is InChI=1S/C23H33N3O3S/c1-17(2)23-16-26(13-14-29-23)22-11-9-20(10-12-22)24-15-19-5-7-21(8-6-19)25-30(27,28)18(3)4/h5-12,17-18,23-25H,13-16H2,1-4H3/t23-/m0/s1. The number of nitrogens with zero attached hydrogens (tertiary/aromatic N) is 1. The Balaban J connectivity index is 1.54. The average Bonchev–Trinajstić information content (AvgIpc) is 2.73. The largest absolute Gasteiger partial charge is 0.381 e. The molecule has 0 radical (unpaired) electrons. The van der Waals surface area contributed by atoms with Crippen molar-refractivity contribution in [1.29, 1.82) is 0 Å². The van der Waals surface area contributed by atoms with Gasteiger partial charge >= 0.3 is 0 Å². The maximum Gasteiger partial charge on any atom is 0.235 e. The SMILES string of the molecule is CC(C)[C@@H]1CN(c2ccc(NCc3ccc(NS(=O)(=O)C(C)C)cc3)cc2)CCO1. The predicted molar refractivity (Wildman–Crippen MR) is 125 cm³/mol. The van der Waals surface area contributed by atoms with E-state index in [1.165, 1.54) is 5.69 Å². The van der Waals surface area contributed by atoms with Gasteiger partial charge in [0.25, 0.3) is 0 Å². The number of sulfonamides is 1. The monoisotopic (exact) mass is 431 g/mol. The summed E-state index contributed by atoms with van der Waals surface area (Å²) in [6, 6.07) is 15.9. The first-order valence-electron chi connectivity index (χ1n) is 10.6. The smallest absolute Gasteiger partial charge is 0.235 e. The second kappa shape index (κ2) is 9.71. The minimum absolute atomic E-state index is 0.282. The van der Waals surface area contributed by atoms with E-state index in [9.17, 15) is 8.42 Å². The van der Waals surface area contributed by atoms with E-state index in [-0.39, 0.29) is 6.10 Å². The van der Waals surface area contributed by atoms with Crippen molar-refractivity contribution in [3.8, 4) is 0 Å². The van der Waals surface area contributed by atoms with Crippen LogP contribution in [0.25, 0.3) is 0 Å². The maximum absolute atomic E-state index is 12.0. The summed E-state index contributed by atoms with van der Waals surface area (Å²) in [5, 5.41) is 2.96. The highest BCUT2D eigenvalue weighted by atomic mass is 32.2. The molecule has 30 heavy (non-hydrogen) atoms. The third kappa shape index (κ3) is 5.89. The molecule has 0 saturated carbocycles. The van der Waals surface area contributed by atoms with Gasteiger partial charge in [-0.1, -0.05) is 26.0 Å². The number of ether oxygens (including phenoxy) is 1. The molecule has 0 aromatic heterocycles. The molecule has 1 heterocycles. The minimum atomic E-state index is -3.32. The molecule has 0 bridgehead atoms. The van der Waals surface area contributed by atoms with Crippen LogP contribution in [0.3, 0.4) is 0 Å². The Labute approximate surface area is 180 Å². The van der Waals surface area contributed by atoms with Crippen LogP contribution in [0.15, 0.2) is 48.5 Å². The van der Waals surface area contributed by atoms with Crippen molar-refractivity contribution in [1.82, 2.24) is 0 Å². The van der Waals surface area contributed by atoms with Gasteiger partial charge in [0.1, 0.15) is 0 Å². The van der Waals surface area contributed by atoms with Crippen LogP contribution in [0.1, 0.15) is 33.3 Å². The van der Waals surface area contributed by atoms with Gasteiger partial charge < -0.3 is 15.0 Å². The Morgan fingerprint density at radius 3 is 2.23 bits per heavy atom. The Morgan fingerprint density at radius 2 is 1.63 bits per heavy atom. The molecule has 2 aromatic rings. The fraction of sp³-hybridized carbons (Fsp3) is 0.478. The van der Waals surface area contributed by atoms with E-state index in [4.69, 9.17) is 4.74 Å². The molecule has 1 atom stereocenters. The van der Waals surface area contributed by atoms with E-state index in [1.807, 2.05) is 12.1 Å². The van der Waals surface area contributed by atoms with Crippen molar-refractivity contribution >= 4 is 27.1 Å². The number of rotatable bonds is 8. The van der Waals surface area contributed by atoms with Gasteiger partial charge in [-0.3, -0.25) is 4.72 Å². The summed E-state index contributed by atoms with van der Waals surface area (Å²) in [6.45, 7) is 11.0. The van der Waals surface area contributed by atoms with Crippen molar-refractivity contribution in [3.63, 3.8) is 0 Å². The molecule has 0 unspecified atom stereocenters. The molecular weight excluding hydrogens is 398 g/mol. The van der Waals surface area contributed by atoms with E-state index in [2.05, 4.69) is 53.1 Å². The quantitative estimate of drug-likeness (QED) is 0.652. The highest BCUT2D eigenvalue weighted by Gasteiger charge is 2.23. The summed E-state index contributed by atoms with van der Waals surface area (Å²) in [4.78, 5) is 2.38. The zero-order valence-corrected chi connectivity index (χ0v) is 19.1. The average molecular weight is 432 g/mol. The zero-order valence-electron chi connectivity index (χ0n) is 18.3. The molecule has 1 fully saturated rings. The molecule has 2 N–H and O–H groups in total. The Kier molecular flexibility index (Phi) is 7.26. The number of anilines is 3. The summed E-state index contributed by atoms with van der Waals surface area (Å²) >= 11 is 0. The summed E-state index contributed by atoms with van der Waals surface area (Å²) in [6.07, 6.45) is 0.282. The summed E-state index contributed by atoms with van der Waals surface area (Å²) < 4.78 is 32.4. The van der Waals surface area contributed by atoms with Gasteiger partial charge in [0, 0.05) is 36.7 Å². The third-order valence-corrected chi connectivity index (χ3v) is 7.16. The first kappa shape index (κ1) is 22.4. The zero-order chi connectivity index (χ0) is 21.7. The van der Waals surface area contributed by atoms with Gasteiger partial charge in [-0.05, 0) is 61.7 Å². The lowest BCUT2D eigenvalue weighted by Gasteiger charge is -2.36. The topological polar surface area (TPSA) is 70.7 Å². The number of morpholine rings is 1. The van der Waals surface area contributed by atoms with Crippen LogP contribution in [0.2, 0.25) is 0 Å². The maximum atomic E-state index is 12.0. The molecule has 6 nitrogen and oxygen atoms in total. The first-order valence-corrected chi connectivity index (χ1v) is 12.1. The summed E-state index contributed by atoms with van der Waals surface area (Å²) in [5.41, 5.74) is 3.94. The number of hydrogen-bond donors (Lipinski definition) is 2. The van der Waals surface area contributed by atoms with Crippen LogP contribution in [-0.4, -0.2) is 39.5 Å². The van der Waals surface area contributed by atoms with Crippen molar-refractivity contribution in [3.05, 3.63) is 54.1 Å². The Hall–Kier alpha value is -2.25. The highest BCUT2D eigenvalue weighted by Crippen LogP contribution is 2.23. The van der Waals surface area contributed by atoms with Crippen LogP contribution < -0.4 is 14.9 Å². The molecule has 1 aliphatic rings. The molecule has 0 spiro atoms. The van der Waals surface area contributed by atoms with E-state index >= 15 is 0 Å². The molecule has 0 amide bonds. The Morgan fingerprint density at radius 1 is 1.00 bits per heavy atom. The summed E-state index contributed by atoms with van der Waals surface area (Å²) in [7, 11) is -3.32. The molecule has 164 valence electrons. The van der Waals surface area contributed by atoms with Crippen molar-refractivity contribution in [2.45, 2.75) is 45.6 Å². The fourth-order valence-corrected chi connectivity index (χ4v) is 3.98. The molecule has 7 heteroatoms. The molecule has 1 saturated heterocycles. The van der Waals surface area contributed by atoms with Crippen molar-refractivity contribution < 1.29 is 13.2 Å². The van der Waals surface area contributed by atoms with Gasteiger partial charge in [-0.25, -0.2) is 8.42 Å². The van der Waals surface area contributed by atoms with Crippen LogP contribution in [-0.2, 0) is 21.3 Å². The molecule has 1 aliphatic heterocycles. The molecular formula is C23H33N3O3S. The predicted octanol–water partition coefficient (Wildman–Crippen LogP) is 4.31. The normalized spacial score (nSPS) is 17.4. The van der Waals surface area contributed by atoms with E-state index in [1.54, 1.807) is 26.0 Å². The lowest BCUT2D eigenvalue weighted by molar-refractivity contribution is 0.0114. The highest BCUT2D eigenvalue weighted by molar-refractivity contribution is 7.93. The lowest BCUT2D eigenvalue weighted by Crippen LogP contribution is -2.44.